The zero-order valence-corrected chi connectivity index (χ0v) is 5.96. The Bertz CT molecular complexity index is 217. The molecule has 1 nitrogen and oxygen atoms in total. The molecule has 0 aromatic heterocycles. The SMILES string of the molecule is OC12CC3CC4C(C3C1)C42. The largest absolute Gasteiger partial charge is 0.390 e. The monoisotopic (exact) mass is 136 g/mol. The number of aliphatic hydroxyl groups is 1. The lowest BCUT2D eigenvalue weighted by Crippen LogP contribution is -2.31. The Kier molecular flexibility index (Phi) is 0.471. The fourth-order valence-electron chi connectivity index (χ4n) is 4.64. The molecule has 1 N–H and O–H groups in total. The van der Waals surface area contributed by atoms with Crippen molar-refractivity contribution in [3.8, 4) is 0 Å². The number of fused-ring (bicyclic) bond motifs is 3. The predicted molar refractivity (Wildman–Crippen MR) is 36.3 cm³/mol. The average molecular weight is 136 g/mol. The second-order valence-corrected chi connectivity index (χ2v) is 4.94. The molecule has 4 fully saturated rings. The van der Waals surface area contributed by atoms with Gasteiger partial charge in [-0.25, -0.2) is 0 Å². The van der Waals surface area contributed by atoms with Crippen LogP contribution in [0.4, 0.5) is 0 Å². The van der Waals surface area contributed by atoms with E-state index in [1.165, 1.54) is 12.8 Å². The van der Waals surface area contributed by atoms with Crippen molar-refractivity contribution < 1.29 is 5.11 Å². The van der Waals surface area contributed by atoms with E-state index in [9.17, 15) is 5.11 Å². The van der Waals surface area contributed by atoms with Crippen LogP contribution in [0, 0.1) is 29.6 Å². The summed E-state index contributed by atoms with van der Waals surface area (Å²) >= 11 is 0. The van der Waals surface area contributed by atoms with Gasteiger partial charge in [0.25, 0.3) is 0 Å². The van der Waals surface area contributed by atoms with Crippen LogP contribution in [0.15, 0.2) is 0 Å². The Morgan fingerprint density at radius 3 is 2.50 bits per heavy atom. The standard InChI is InChI=1S/C9H12O/c10-9-2-4-1-5-7(8(5)9)6(4)3-9/h4-8,10H,1-3H2. The molecule has 10 heavy (non-hydrogen) atoms. The van der Waals surface area contributed by atoms with Gasteiger partial charge in [0.2, 0.25) is 0 Å². The molecule has 0 saturated heterocycles. The second kappa shape index (κ2) is 0.989. The molecule has 6 unspecified atom stereocenters. The third-order valence-electron chi connectivity index (χ3n) is 4.73. The van der Waals surface area contributed by atoms with Gasteiger partial charge in [0, 0.05) is 0 Å². The summed E-state index contributed by atoms with van der Waals surface area (Å²) in [5, 5.41) is 10.1. The lowest BCUT2D eigenvalue weighted by Gasteiger charge is -2.28. The minimum Gasteiger partial charge on any atom is -0.390 e. The maximum absolute atomic E-state index is 10.1. The van der Waals surface area contributed by atoms with Crippen molar-refractivity contribution in [3.63, 3.8) is 0 Å². The van der Waals surface area contributed by atoms with Crippen LogP contribution in [0.25, 0.3) is 0 Å². The Balaban J connectivity index is 1.98. The maximum Gasteiger partial charge on any atom is 0.0687 e. The van der Waals surface area contributed by atoms with Crippen molar-refractivity contribution in [3.05, 3.63) is 0 Å². The van der Waals surface area contributed by atoms with E-state index >= 15 is 0 Å². The fourth-order valence-corrected chi connectivity index (χ4v) is 4.64. The molecule has 1 heteroatoms. The van der Waals surface area contributed by atoms with Gasteiger partial charge in [0.15, 0.2) is 0 Å². The first kappa shape index (κ1) is 4.76. The van der Waals surface area contributed by atoms with E-state index in [4.69, 9.17) is 0 Å². The van der Waals surface area contributed by atoms with Gasteiger partial charge >= 0.3 is 0 Å². The minimum absolute atomic E-state index is 0.136. The average Bonchev–Trinajstić information content (AvgIpc) is 2.27. The molecule has 4 rings (SSSR count). The molecule has 0 aliphatic heterocycles. The van der Waals surface area contributed by atoms with E-state index in [0.29, 0.717) is 0 Å². The summed E-state index contributed by atoms with van der Waals surface area (Å²) in [7, 11) is 0. The van der Waals surface area contributed by atoms with Crippen molar-refractivity contribution in [1.29, 1.82) is 0 Å². The van der Waals surface area contributed by atoms with Gasteiger partial charge in [-0.2, -0.15) is 0 Å². The van der Waals surface area contributed by atoms with Crippen LogP contribution in [0.5, 0.6) is 0 Å². The Morgan fingerprint density at radius 2 is 2.10 bits per heavy atom. The summed E-state index contributed by atoms with van der Waals surface area (Å²) in [5.41, 5.74) is -0.136. The molecule has 0 aromatic carbocycles. The first-order valence-electron chi connectivity index (χ1n) is 4.52. The first-order valence-corrected chi connectivity index (χ1v) is 4.52. The van der Waals surface area contributed by atoms with Gasteiger partial charge < -0.3 is 5.11 Å². The molecule has 0 aromatic rings. The van der Waals surface area contributed by atoms with Crippen molar-refractivity contribution in [2.45, 2.75) is 24.9 Å². The van der Waals surface area contributed by atoms with Gasteiger partial charge in [0.05, 0.1) is 5.60 Å². The Hall–Kier alpha value is -0.0400. The van der Waals surface area contributed by atoms with Gasteiger partial charge in [-0.15, -0.1) is 0 Å². The molecular formula is C9H12O. The van der Waals surface area contributed by atoms with E-state index in [0.717, 1.165) is 36.0 Å². The zero-order chi connectivity index (χ0) is 6.51. The second-order valence-electron chi connectivity index (χ2n) is 4.94. The fraction of sp³-hybridized carbons (Fsp3) is 1.00. The van der Waals surface area contributed by atoms with E-state index in [1.54, 1.807) is 0 Å². The van der Waals surface area contributed by atoms with Gasteiger partial charge in [-0.1, -0.05) is 0 Å². The highest BCUT2D eigenvalue weighted by molar-refractivity contribution is 5.27. The molecule has 4 saturated carbocycles. The molecule has 0 radical (unpaired) electrons. The first-order chi connectivity index (χ1) is 4.80. The highest BCUT2D eigenvalue weighted by atomic mass is 16.3. The third kappa shape index (κ3) is 0.268. The molecular weight excluding hydrogens is 124 g/mol. The van der Waals surface area contributed by atoms with Crippen LogP contribution in [0.2, 0.25) is 0 Å². The molecule has 0 amide bonds. The molecule has 4 aliphatic carbocycles. The third-order valence-corrected chi connectivity index (χ3v) is 4.73. The summed E-state index contributed by atoms with van der Waals surface area (Å²) in [6.07, 6.45) is 3.81. The summed E-state index contributed by atoms with van der Waals surface area (Å²) in [6.45, 7) is 0. The van der Waals surface area contributed by atoms with Crippen LogP contribution in [-0.4, -0.2) is 10.7 Å². The molecule has 0 heterocycles. The van der Waals surface area contributed by atoms with Crippen LogP contribution in [-0.2, 0) is 0 Å². The lowest BCUT2D eigenvalue weighted by atomic mass is 9.83. The predicted octanol–water partition coefficient (Wildman–Crippen LogP) is 1.02. The van der Waals surface area contributed by atoms with E-state index in [-0.39, 0.29) is 5.60 Å². The van der Waals surface area contributed by atoms with Crippen LogP contribution in [0.1, 0.15) is 19.3 Å². The highest BCUT2D eigenvalue weighted by Crippen LogP contribution is 2.80. The zero-order valence-electron chi connectivity index (χ0n) is 5.96. The molecule has 54 valence electrons. The van der Waals surface area contributed by atoms with Gasteiger partial charge in [-0.3, -0.25) is 0 Å². The van der Waals surface area contributed by atoms with Crippen molar-refractivity contribution >= 4 is 0 Å². The number of hydrogen-bond donors (Lipinski definition) is 1. The summed E-state index contributed by atoms with van der Waals surface area (Å²) in [6, 6.07) is 0. The number of rotatable bonds is 0. The quantitative estimate of drug-likeness (QED) is 0.527. The summed E-state index contributed by atoms with van der Waals surface area (Å²) in [4.78, 5) is 0. The minimum atomic E-state index is -0.136. The van der Waals surface area contributed by atoms with E-state index in [2.05, 4.69) is 0 Å². The summed E-state index contributed by atoms with van der Waals surface area (Å²) in [5.74, 6) is 4.69. The van der Waals surface area contributed by atoms with Crippen LogP contribution < -0.4 is 0 Å². The van der Waals surface area contributed by atoms with Crippen molar-refractivity contribution in [2.75, 3.05) is 0 Å². The Morgan fingerprint density at radius 1 is 1.20 bits per heavy atom. The topological polar surface area (TPSA) is 20.2 Å². The van der Waals surface area contributed by atoms with Crippen LogP contribution >= 0.6 is 0 Å². The lowest BCUT2D eigenvalue weighted by molar-refractivity contribution is 0.00488. The van der Waals surface area contributed by atoms with Gasteiger partial charge in [0.1, 0.15) is 0 Å². The molecule has 0 spiro atoms. The normalized spacial score (nSPS) is 80.7. The summed E-state index contributed by atoms with van der Waals surface area (Å²) < 4.78 is 0. The molecule has 2 bridgehead atoms. The molecule has 4 aliphatic rings. The van der Waals surface area contributed by atoms with Crippen LogP contribution in [0.3, 0.4) is 0 Å². The van der Waals surface area contributed by atoms with E-state index in [1.807, 2.05) is 0 Å². The highest BCUT2D eigenvalue weighted by Gasteiger charge is 2.78. The smallest absolute Gasteiger partial charge is 0.0687 e. The van der Waals surface area contributed by atoms with E-state index < -0.39 is 0 Å². The molecule has 6 atom stereocenters. The van der Waals surface area contributed by atoms with Crippen molar-refractivity contribution in [2.24, 2.45) is 29.6 Å². The maximum atomic E-state index is 10.1. The number of hydrogen-bond acceptors (Lipinski definition) is 1. The van der Waals surface area contributed by atoms with Crippen molar-refractivity contribution in [1.82, 2.24) is 0 Å². The van der Waals surface area contributed by atoms with Gasteiger partial charge in [-0.05, 0) is 48.9 Å². The Labute approximate surface area is 60.4 Å².